The lowest BCUT2D eigenvalue weighted by Crippen LogP contribution is -2.59. The van der Waals surface area contributed by atoms with Gasteiger partial charge in [-0.25, -0.2) is 0 Å². The third kappa shape index (κ3) is 55.7. The van der Waals surface area contributed by atoms with Gasteiger partial charge in [-0.2, -0.15) is 0 Å². The van der Waals surface area contributed by atoms with Gasteiger partial charge in [-0.1, -0.05) is 184 Å². The maximum Gasteiger partial charge on any atom is 0.180 e. The molecule has 0 rings (SSSR count). The summed E-state index contributed by atoms with van der Waals surface area (Å²) >= 11 is 0. The predicted molar refractivity (Wildman–Crippen MR) is 510 cm³/mol. The Balaban J connectivity index is -0.000000127. The monoisotopic (exact) mass is 1680 g/mol. The summed E-state index contributed by atoms with van der Waals surface area (Å²) in [6, 6.07) is 10.2. The van der Waals surface area contributed by atoms with Crippen LogP contribution in [0.4, 0.5) is 0 Å². The second-order valence-electron chi connectivity index (χ2n) is 35.8. The predicted octanol–water partition coefficient (Wildman–Crippen LogP) is 20.3. The summed E-state index contributed by atoms with van der Waals surface area (Å²) in [5.41, 5.74) is 1.45. The van der Waals surface area contributed by atoms with E-state index in [9.17, 15) is 40.9 Å². The van der Waals surface area contributed by atoms with Crippen LogP contribution in [0.25, 0.3) is 0 Å². The van der Waals surface area contributed by atoms with Crippen LogP contribution in [-0.4, -0.2) is 230 Å². The highest BCUT2D eigenvalue weighted by molar-refractivity contribution is 6.86. The van der Waals surface area contributed by atoms with Crippen LogP contribution < -0.4 is 0 Å². The minimum Gasteiger partial charge on any atom is -0.391 e. The minimum absolute atomic E-state index is 0.215. The molecule has 0 aliphatic heterocycles. The average molecular weight is 1680 g/mol. The Bertz CT molecular complexity index is 2710. The van der Waals surface area contributed by atoms with Gasteiger partial charge in [-0.3, -0.25) is 0 Å². The zero-order chi connectivity index (χ0) is 90.5. The first-order chi connectivity index (χ1) is 48.3. The van der Waals surface area contributed by atoms with Gasteiger partial charge >= 0.3 is 0 Å². The van der Waals surface area contributed by atoms with Crippen molar-refractivity contribution >= 4 is 122 Å². The van der Waals surface area contributed by atoms with Crippen LogP contribution >= 0.6 is 0 Å². The molecule has 0 aromatic carbocycles. The molecular formula is C81H184N10O10Si8. The van der Waals surface area contributed by atoms with Gasteiger partial charge in [0, 0.05) is 57.1 Å². The molecule has 0 amide bonds. The minimum atomic E-state index is -1.68. The van der Waals surface area contributed by atoms with E-state index in [1.165, 1.54) is 37.2 Å². The molecule has 0 aromatic heterocycles. The molecule has 0 aliphatic carbocycles. The summed E-state index contributed by atoms with van der Waals surface area (Å²) in [7, 11) is -12.1. The Kier molecular flexibility index (Phi) is 66.3. The van der Waals surface area contributed by atoms with Crippen LogP contribution in [-0.2, 0) is 0 Å². The van der Waals surface area contributed by atoms with Crippen molar-refractivity contribution in [2.45, 2.75) is 436 Å². The van der Waals surface area contributed by atoms with Crippen LogP contribution in [0.3, 0.4) is 0 Å². The summed E-state index contributed by atoms with van der Waals surface area (Å²) in [6.45, 7) is 94.1. The molecule has 8 atom stereocenters. The molecule has 20 nitrogen and oxygen atoms in total. The molecule has 0 aliphatic rings. The van der Waals surface area contributed by atoms with Crippen LogP contribution in [0, 0.1) is 32.5 Å². The molecule has 0 fully saturated rings. The van der Waals surface area contributed by atoms with Gasteiger partial charge in [0.2, 0.25) is 0 Å². The largest absolute Gasteiger partial charge is 0.391 e. The van der Waals surface area contributed by atoms with E-state index in [1.54, 1.807) is 69.2 Å². The Morgan fingerprint density at radius 3 is 0.817 bits per heavy atom. The molecule has 0 saturated carbocycles. The number of hydrogen-bond donors (Lipinski definition) is 16. The van der Waals surface area contributed by atoms with Crippen molar-refractivity contribution in [3.63, 3.8) is 0 Å². The fourth-order valence-electron chi connectivity index (χ4n) is 10.0. The Hall–Kier alpha value is -2.48. The smallest absolute Gasteiger partial charge is 0.180 e. The number of rotatable bonds is 33. The molecule has 0 heterocycles. The van der Waals surface area contributed by atoms with Crippen molar-refractivity contribution in [2.24, 2.45) is 18.6 Å². The first kappa shape index (κ1) is 127. The topological polar surface area (TPSA) is 395 Å². The first-order valence-corrected chi connectivity index (χ1v) is 65.5. The van der Waals surface area contributed by atoms with Gasteiger partial charge in [-0.15, -0.1) is 6.58 Å². The molecule has 28 heteroatoms. The SMILES string of the molecule is C=CC(C)(O)C(C)=N.C=CC(O)C(C)=N[Si](C)(C)C.CC(=N)C(C)(C)O.CC(=N)C(C)(O)[Si](C)(C)C.CC(=N[Si](C)(C)C)C(O)[Si](C)(C)C.CCC(C)(O)C(C)=N.CCC(O)(CC)C(C)=N.CCC(O)C(C)=N[Si](C)(C)C.CC[Si](CC)(CC)C(C)(O)C(C)=N.CC[Si](CC)(CC)N=C(C)C(O)[Si](CC)(CC)CC. The summed E-state index contributed by atoms with van der Waals surface area (Å²) in [5, 5.41) is 138. The molecule has 16 N–H and O–H groups in total. The highest BCUT2D eigenvalue weighted by Gasteiger charge is 2.47. The molecular weight excluding hydrogens is 1500 g/mol. The molecule has 0 saturated heterocycles. The Morgan fingerprint density at radius 1 is 0.376 bits per heavy atom. The summed E-state index contributed by atoms with van der Waals surface area (Å²) < 4.78 is 18.6. The average Bonchev–Trinajstić information content (AvgIpc) is 0.791. The lowest BCUT2D eigenvalue weighted by molar-refractivity contribution is 0.102. The van der Waals surface area contributed by atoms with Crippen LogP contribution in [0.1, 0.15) is 226 Å². The zero-order valence-electron chi connectivity index (χ0n) is 79.3. The standard InChI is InChI=1S/C15H35NOSi2.C10H23NOSi.C9H23NOSi2.C8H19NOSi.C8H17NOSi.C7H17NOSi.C7H15NO.C6H13NO.C6H11NO.C5H11NO/c1-8-18(9-2,10-3)15(17)14(7)16-19(11-4,12-5)13-6;1-6-13(7-2,8-3)10(5,12)9(4)11;1-8(10-13(5,6)7)9(11)12(2,3)4;2*1-6-8(10)7(2)9-11(3,4)5;1-6(8)7(2,9)10(3,4)5;1-4-7(9,5-2)6(3)8;2*1-4-6(3,8)5(2)7;1-4(6)5(2,3)7/h15,17H,8-13H2,1-7H3;11-12H,6-8H2,1-5H3;9,11H,1-7H3;8,10H,6H2,1-5H3;6,8,10H,1H2,2-5H3;8-9H,1-5H3;8-9H,4-5H2,1-3H3;7-8H,4H2,1-3H3;4,7-8H,1H2,2-3H3;6-7H,1-3H3. The van der Waals surface area contributed by atoms with E-state index in [0.29, 0.717) is 47.8 Å². The fraction of sp³-hybridized carbons (Fsp3) is 0.827. The van der Waals surface area contributed by atoms with Gasteiger partial charge < -0.3 is 102 Å². The Labute approximate surface area is 681 Å². The van der Waals surface area contributed by atoms with Crippen molar-refractivity contribution in [1.29, 1.82) is 32.5 Å². The molecule has 0 radical (unpaired) electrons. The van der Waals surface area contributed by atoms with E-state index < -0.39 is 104 Å². The van der Waals surface area contributed by atoms with E-state index in [2.05, 4.69) is 195 Å². The number of aliphatic hydroxyl groups is 10. The van der Waals surface area contributed by atoms with E-state index >= 15 is 0 Å². The van der Waals surface area contributed by atoms with Gasteiger partial charge in [0.25, 0.3) is 0 Å². The lowest BCUT2D eigenvalue weighted by atomic mass is 9.93. The maximum absolute atomic E-state index is 10.8. The molecule has 109 heavy (non-hydrogen) atoms. The van der Waals surface area contributed by atoms with Crippen LogP contribution in [0.15, 0.2) is 43.9 Å². The molecule has 650 valence electrons. The van der Waals surface area contributed by atoms with E-state index in [1.807, 2.05) is 55.4 Å². The van der Waals surface area contributed by atoms with Crippen molar-refractivity contribution in [1.82, 2.24) is 0 Å². The fourth-order valence-corrected chi connectivity index (χ4v) is 27.1. The van der Waals surface area contributed by atoms with Gasteiger partial charge in [-0.05, 0) is 214 Å². The van der Waals surface area contributed by atoms with E-state index in [0.717, 1.165) is 65.5 Å². The molecule has 8 unspecified atom stereocenters. The molecule has 0 spiro atoms. The van der Waals surface area contributed by atoms with E-state index in [4.69, 9.17) is 47.3 Å². The van der Waals surface area contributed by atoms with Gasteiger partial charge in [0.15, 0.2) is 32.9 Å². The quantitative estimate of drug-likeness (QED) is 0.0167. The summed E-state index contributed by atoms with van der Waals surface area (Å²) in [5.74, 6) is 0. The third-order valence-corrected chi connectivity index (χ3v) is 46.7. The summed E-state index contributed by atoms with van der Waals surface area (Å²) in [4.78, 5) is 0. The van der Waals surface area contributed by atoms with Crippen LogP contribution in [0.2, 0.25) is 153 Å². The highest BCUT2D eigenvalue weighted by atomic mass is 28.3. The number of hydrogen-bond acceptors (Lipinski definition) is 20. The van der Waals surface area contributed by atoms with E-state index in [-0.39, 0.29) is 23.3 Å². The first-order valence-electron chi connectivity index (χ1n) is 40.2. The third-order valence-electron chi connectivity index (χ3n) is 21.2. The normalized spacial score (nSPS) is 16.0. The molecule has 0 aromatic rings. The maximum atomic E-state index is 10.8. The number of nitrogens with zero attached hydrogens (tertiary/aromatic N) is 4. The van der Waals surface area contributed by atoms with Gasteiger partial charge in [0.1, 0.15) is 17.3 Å². The van der Waals surface area contributed by atoms with Crippen LogP contribution in [0.5, 0.6) is 0 Å². The number of aliphatic hydroxyl groups excluding tert-OH is 4. The number of nitrogens with one attached hydrogen (secondary N) is 6. The highest BCUT2D eigenvalue weighted by Crippen LogP contribution is 2.33. The van der Waals surface area contributed by atoms with Crippen molar-refractivity contribution in [3.8, 4) is 0 Å². The van der Waals surface area contributed by atoms with Crippen molar-refractivity contribution < 1.29 is 51.1 Å². The van der Waals surface area contributed by atoms with Crippen molar-refractivity contribution in [3.05, 3.63) is 25.3 Å². The summed E-state index contributed by atoms with van der Waals surface area (Å²) in [6.07, 6.45) is 4.59. The molecule has 0 bridgehead atoms. The second-order valence-corrected chi connectivity index (χ2v) is 76.1. The van der Waals surface area contributed by atoms with Crippen molar-refractivity contribution in [2.75, 3.05) is 0 Å². The lowest BCUT2D eigenvalue weighted by Gasteiger charge is -2.42. The Morgan fingerprint density at radius 2 is 0.679 bits per heavy atom. The van der Waals surface area contributed by atoms with Gasteiger partial charge in [0.05, 0.1) is 71.5 Å². The zero-order valence-corrected chi connectivity index (χ0v) is 87.3. The second kappa shape index (κ2) is 56.7.